The number of rotatable bonds is 4. The second-order valence-electron chi connectivity index (χ2n) is 4.18. The molecule has 22 heavy (non-hydrogen) atoms. The minimum atomic E-state index is -2.99. The molecule has 2 aromatic heterocycles. The maximum Gasteiger partial charge on any atom is 0.341 e. The molecule has 0 saturated carbocycles. The van der Waals surface area contributed by atoms with Gasteiger partial charge in [-0.1, -0.05) is 0 Å². The summed E-state index contributed by atoms with van der Waals surface area (Å²) in [6.07, 6.45) is -2.02. The van der Waals surface area contributed by atoms with Gasteiger partial charge in [0, 0.05) is 5.69 Å². The number of nitrogens with zero attached hydrogens (tertiary/aromatic N) is 5. The predicted octanol–water partition coefficient (Wildman–Crippen LogP) is 1.96. The molecule has 2 rings (SSSR count). The van der Waals surface area contributed by atoms with Crippen LogP contribution in [0.1, 0.15) is 40.8 Å². The summed E-state index contributed by atoms with van der Waals surface area (Å²) in [5.41, 5.74) is -0.612. The van der Waals surface area contributed by atoms with E-state index in [4.69, 9.17) is 10.00 Å². The van der Waals surface area contributed by atoms with Gasteiger partial charge in [-0.25, -0.2) is 23.5 Å². The van der Waals surface area contributed by atoms with Gasteiger partial charge in [-0.15, -0.1) is 0 Å². The molecule has 0 fully saturated rings. The summed E-state index contributed by atoms with van der Waals surface area (Å²) in [5.74, 6) is -1.11. The molecule has 0 saturated heterocycles. The Labute approximate surface area is 124 Å². The number of hydrogen-bond acceptors (Lipinski definition) is 6. The molecule has 0 bridgehead atoms. The minimum Gasteiger partial charge on any atom is -0.462 e. The van der Waals surface area contributed by atoms with Gasteiger partial charge in [0.1, 0.15) is 23.0 Å². The van der Waals surface area contributed by atoms with E-state index in [0.717, 1.165) is 10.9 Å². The van der Waals surface area contributed by atoms with Crippen LogP contribution in [0.3, 0.4) is 0 Å². The zero-order valence-corrected chi connectivity index (χ0v) is 11.7. The monoisotopic (exact) mass is 307 g/mol. The van der Waals surface area contributed by atoms with Crippen LogP contribution in [0.5, 0.6) is 0 Å². The number of carbonyl (C=O) groups is 1. The molecular weight excluding hydrogens is 296 g/mol. The van der Waals surface area contributed by atoms with Gasteiger partial charge in [0.25, 0.3) is 12.4 Å². The number of ether oxygens (including phenoxy) is 1. The number of nitriles is 1. The second-order valence-corrected chi connectivity index (χ2v) is 4.18. The van der Waals surface area contributed by atoms with Crippen molar-refractivity contribution in [3.8, 4) is 12.0 Å². The summed E-state index contributed by atoms with van der Waals surface area (Å²) in [5, 5.41) is 12.6. The average molecular weight is 307 g/mol. The Kier molecular flexibility index (Phi) is 4.41. The Hall–Kier alpha value is -2.89. The van der Waals surface area contributed by atoms with Crippen molar-refractivity contribution in [2.75, 3.05) is 6.61 Å². The number of aromatic nitrogens is 4. The van der Waals surface area contributed by atoms with E-state index in [1.54, 1.807) is 19.9 Å². The molecule has 0 aliphatic heterocycles. The maximum atomic E-state index is 13.3. The lowest BCUT2D eigenvalue weighted by atomic mass is 10.2. The molecule has 0 unspecified atom stereocenters. The van der Waals surface area contributed by atoms with Crippen LogP contribution in [0.4, 0.5) is 8.78 Å². The van der Waals surface area contributed by atoms with Crippen LogP contribution in [-0.2, 0) is 4.74 Å². The molecule has 114 valence electrons. The van der Waals surface area contributed by atoms with Crippen LogP contribution in [0.25, 0.3) is 5.95 Å². The van der Waals surface area contributed by atoms with Gasteiger partial charge in [-0.05, 0) is 19.9 Å². The zero-order valence-electron chi connectivity index (χ0n) is 11.7. The summed E-state index contributed by atoms with van der Waals surface area (Å²) in [6.45, 7) is 3.20. The van der Waals surface area contributed by atoms with Crippen molar-refractivity contribution in [3.63, 3.8) is 0 Å². The third-order valence-electron chi connectivity index (χ3n) is 2.65. The van der Waals surface area contributed by atoms with E-state index in [1.807, 2.05) is 0 Å². The Bertz CT molecular complexity index is 751. The highest BCUT2D eigenvalue weighted by molar-refractivity contribution is 5.90. The number of esters is 1. The van der Waals surface area contributed by atoms with E-state index in [9.17, 15) is 13.6 Å². The van der Waals surface area contributed by atoms with Crippen LogP contribution >= 0.6 is 0 Å². The van der Waals surface area contributed by atoms with Crippen LogP contribution < -0.4 is 0 Å². The van der Waals surface area contributed by atoms with Crippen LogP contribution in [-0.4, -0.2) is 32.3 Å². The van der Waals surface area contributed by atoms with Gasteiger partial charge in [0.2, 0.25) is 0 Å². The Morgan fingerprint density at radius 3 is 2.82 bits per heavy atom. The van der Waals surface area contributed by atoms with Crippen molar-refractivity contribution in [1.29, 1.82) is 5.26 Å². The molecule has 7 nitrogen and oxygen atoms in total. The fourth-order valence-corrected chi connectivity index (χ4v) is 1.80. The van der Waals surface area contributed by atoms with Crippen molar-refractivity contribution in [1.82, 2.24) is 19.7 Å². The van der Waals surface area contributed by atoms with Gasteiger partial charge in [0.05, 0.1) is 12.8 Å². The lowest BCUT2D eigenvalue weighted by Crippen LogP contribution is -2.12. The van der Waals surface area contributed by atoms with Gasteiger partial charge in [-0.3, -0.25) is 0 Å². The van der Waals surface area contributed by atoms with E-state index in [2.05, 4.69) is 15.1 Å². The van der Waals surface area contributed by atoms with E-state index in [0.29, 0.717) is 5.69 Å². The third-order valence-corrected chi connectivity index (χ3v) is 2.65. The Balaban J connectivity index is 2.59. The molecule has 0 radical (unpaired) electrons. The Morgan fingerprint density at radius 1 is 1.50 bits per heavy atom. The lowest BCUT2D eigenvalue weighted by molar-refractivity contribution is 0.0514. The first kappa shape index (κ1) is 15.5. The summed E-state index contributed by atoms with van der Waals surface area (Å²) in [7, 11) is 0. The van der Waals surface area contributed by atoms with Crippen molar-refractivity contribution in [2.24, 2.45) is 0 Å². The highest BCUT2D eigenvalue weighted by Crippen LogP contribution is 2.25. The largest absolute Gasteiger partial charge is 0.462 e. The van der Waals surface area contributed by atoms with E-state index in [1.165, 1.54) is 6.07 Å². The molecule has 0 aliphatic rings. The quantitative estimate of drug-likeness (QED) is 0.801. The molecule has 0 amide bonds. The molecule has 9 heteroatoms. The fraction of sp³-hybridized carbons (Fsp3) is 0.308. The lowest BCUT2D eigenvalue weighted by Gasteiger charge is -2.08. The average Bonchev–Trinajstić information content (AvgIpc) is 2.92. The Morgan fingerprint density at radius 2 is 2.23 bits per heavy atom. The second kappa shape index (κ2) is 6.26. The van der Waals surface area contributed by atoms with Crippen molar-refractivity contribution < 1.29 is 18.3 Å². The molecule has 2 heterocycles. The highest BCUT2D eigenvalue weighted by Gasteiger charge is 2.27. The predicted molar refractivity (Wildman–Crippen MR) is 69.5 cm³/mol. The fourth-order valence-electron chi connectivity index (χ4n) is 1.80. The molecule has 0 atom stereocenters. The first-order chi connectivity index (χ1) is 10.5. The van der Waals surface area contributed by atoms with Crippen LogP contribution in [0.2, 0.25) is 0 Å². The van der Waals surface area contributed by atoms with Crippen LogP contribution in [0.15, 0.2) is 12.3 Å². The number of carbonyl (C=O) groups excluding carboxylic acids is 1. The molecule has 2 aromatic rings. The van der Waals surface area contributed by atoms with Gasteiger partial charge in [-0.2, -0.15) is 15.0 Å². The number of alkyl halides is 2. The van der Waals surface area contributed by atoms with Crippen molar-refractivity contribution >= 4 is 5.97 Å². The summed E-state index contributed by atoms with van der Waals surface area (Å²) in [4.78, 5) is 19.5. The summed E-state index contributed by atoms with van der Waals surface area (Å²) in [6, 6.07) is 3.21. The smallest absolute Gasteiger partial charge is 0.341 e. The number of halogens is 2. The number of aryl methyl sites for hydroxylation is 1. The van der Waals surface area contributed by atoms with E-state index < -0.39 is 18.1 Å². The number of hydrogen-bond donors (Lipinski definition) is 0. The van der Waals surface area contributed by atoms with Gasteiger partial charge >= 0.3 is 5.97 Å². The molecule has 0 aliphatic carbocycles. The van der Waals surface area contributed by atoms with Gasteiger partial charge in [0.15, 0.2) is 0 Å². The van der Waals surface area contributed by atoms with Crippen molar-refractivity contribution in [2.45, 2.75) is 20.3 Å². The minimum absolute atomic E-state index is 0.0101. The molecule has 0 N–H and O–H groups in total. The highest BCUT2D eigenvalue weighted by atomic mass is 19.3. The normalized spacial score (nSPS) is 10.5. The SMILES string of the molecule is CCOC(=O)c1cnn(-c2nc(C)cc(C#N)n2)c1C(F)F. The molecule has 0 aromatic carbocycles. The standard InChI is InChI=1S/C13H11F2N5O2/c1-3-22-12(21)9-6-17-20(10(9)11(14)15)13-18-7(2)4-8(5-16)19-13/h4,6,11H,3H2,1-2H3. The van der Waals surface area contributed by atoms with Crippen molar-refractivity contribution in [3.05, 3.63) is 34.9 Å². The van der Waals surface area contributed by atoms with E-state index in [-0.39, 0.29) is 23.8 Å². The summed E-state index contributed by atoms with van der Waals surface area (Å²) < 4.78 is 32.1. The zero-order chi connectivity index (χ0) is 16.3. The van der Waals surface area contributed by atoms with Gasteiger partial charge < -0.3 is 4.74 Å². The van der Waals surface area contributed by atoms with Crippen LogP contribution in [0, 0.1) is 18.3 Å². The summed E-state index contributed by atoms with van der Waals surface area (Å²) >= 11 is 0. The topological polar surface area (TPSA) is 93.7 Å². The molecular formula is C13H11F2N5O2. The maximum absolute atomic E-state index is 13.3. The first-order valence-corrected chi connectivity index (χ1v) is 6.27. The third kappa shape index (κ3) is 2.90. The first-order valence-electron chi connectivity index (χ1n) is 6.27. The molecule has 0 spiro atoms. The van der Waals surface area contributed by atoms with E-state index >= 15 is 0 Å².